The molecule has 4 nitrogen and oxygen atoms in total. The predicted molar refractivity (Wildman–Crippen MR) is 75.0 cm³/mol. The van der Waals surface area contributed by atoms with Crippen molar-refractivity contribution in [2.45, 2.75) is 30.4 Å². The maximum Gasteiger partial charge on any atom is 0.236 e. The van der Waals surface area contributed by atoms with Crippen molar-refractivity contribution >= 4 is 17.7 Å². The van der Waals surface area contributed by atoms with Crippen molar-refractivity contribution in [1.29, 1.82) is 0 Å². The Balaban J connectivity index is 1.69. The minimum atomic E-state index is 0.215. The van der Waals surface area contributed by atoms with Crippen molar-refractivity contribution in [3.63, 3.8) is 0 Å². The summed E-state index contributed by atoms with van der Waals surface area (Å²) in [4.78, 5) is 13.9. The van der Waals surface area contributed by atoms with Gasteiger partial charge in [0.05, 0.1) is 19.8 Å². The third kappa shape index (κ3) is 3.62. The number of hydrogen-bond acceptors (Lipinski definition) is 4. The zero-order chi connectivity index (χ0) is 12.8. The monoisotopic (exact) mass is 272 g/mol. The van der Waals surface area contributed by atoms with Gasteiger partial charge in [-0.15, -0.1) is 0 Å². The molecule has 1 saturated carbocycles. The molecule has 0 radical (unpaired) electrons. The zero-order valence-electron chi connectivity index (χ0n) is 11.2. The van der Waals surface area contributed by atoms with Gasteiger partial charge in [0.2, 0.25) is 5.91 Å². The Morgan fingerprint density at radius 2 is 2.00 bits per heavy atom. The van der Waals surface area contributed by atoms with Crippen LogP contribution in [-0.4, -0.2) is 61.2 Å². The normalized spacial score (nSPS) is 23.3. The summed E-state index contributed by atoms with van der Waals surface area (Å²) in [6.45, 7) is 4.29. The molecular weight excluding hydrogens is 248 g/mol. The third-order valence-corrected chi connectivity index (χ3v) is 5.45. The summed E-state index contributed by atoms with van der Waals surface area (Å²) < 4.78 is 5.63. The fourth-order valence-corrected chi connectivity index (χ4v) is 3.74. The van der Waals surface area contributed by atoms with Gasteiger partial charge in [0.1, 0.15) is 0 Å². The van der Waals surface area contributed by atoms with Crippen molar-refractivity contribution in [2.75, 3.05) is 45.6 Å². The molecule has 2 fully saturated rings. The fraction of sp³-hybridized carbons (Fsp3) is 0.923. The van der Waals surface area contributed by atoms with Crippen LogP contribution in [0.2, 0.25) is 0 Å². The lowest BCUT2D eigenvalue weighted by atomic mass is 10.1. The Bertz CT molecular complexity index is 274. The second kappa shape index (κ2) is 6.78. The van der Waals surface area contributed by atoms with Crippen molar-refractivity contribution in [3.8, 4) is 0 Å². The quantitative estimate of drug-likeness (QED) is 0.814. The third-order valence-electron chi connectivity index (χ3n) is 4.03. The van der Waals surface area contributed by atoms with Crippen molar-refractivity contribution in [1.82, 2.24) is 10.2 Å². The minimum Gasteiger partial charge on any atom is -0.378 e. The van der Waals surface area contributed by atoms with Crippen LogP contribution in [-0.2, 0) is 9.53 Å². The maximum absolute atomic E-state index is 12.0. The number of carbonyl (C=O) groups is 1. The number of nitrogens with zero attached hydrogens (tertiary/aromatic N) is 1. The highest BCUT2D eigenvalue weighted by Crippen LogP contribution is 2.39. The van der Waals surface area contributed by atoms with E-state index in [-0.39, 0.29) is 5.91 Å². The lowest BCUT2D eigenvalue weighted by Gasteiger charge is -2.29. The summed E-state index contributed by atoms with van der Waals surface area (Å²) >= 11 is 1.96. The summed E-state index contributed by atoms with van der Waals surface area (Å²) in [6.07, 6.45) is 7.43. The summed E-state index contributed by atoms with van der Waals surface area (Å²) in [5, 5.41) is 3.36. The number of hydrogen-bond donors (Lipinski definition) is 1. The highest BCUT2D eigenvalue weighted by molar-refractivity contribution is 8.00. The maximum atomic E-state index is 12.0. The van der Waals surface area contributed by atoms with Gasteiger partial charge >= 0.3 is 0 Å². The number of nitrogens with one attached hydrogen (secondary N) is 1. The van der Waals surface area contributed by atoms with Crippen LogP contribution in [0.1, 0.15) is 25.7 Å². The smallest absolute Gasteiger partial charge is 0.236 e. The molecule has 1 heterocycles. The standard InChI is InChI=1S/C13H24N2O2S/c1-18-13(4-2-3-5-13)11-14-10-12(16)15-6-8-17-9-7-15/h14H,2-11H2,1H3. The van der Waals surface area contributed by atoms with E-state index >= 15 is 0 Å². The molecule has 1 N–H and O–H groups in total. The number of rotatable bonds is 5. The molecule has 2 aliphatic rings. The van der Waals surface area contributed by atoms with Crippen LogP contribution >= 0.6 is 11.8 Å². The lowest BCUT2D eigenvalue weighted by Crippen LogP contribution is -2.46. The molecule has 0 aromatic rings. The molecule has 1 saturated heterocycles. The number of ether oxygens (including phenoxy) is 1. The Labute approximate surface area is 114 Å². The number of carbonyl (C=O) groups excluding carboxylic acids is 1. The molecule has 1 aliphatic carbocycles. The molecule has 0 aromatic heterocycles. The first-order valence-corrected chi connectivity index (χ1v) is 8.10. The van der Waals surface area contributed by atoms with E-state index in [1.807, 2.05) is 16.7 Å². The number of thioether (sulfide) groups is 1. The first-order valence-electron chi connectivity index (χ1n) is 6.87. The Kier molecular flexibility index (Phi) is 5.33. The molecular formula is C13H24N2O2S. The van der Waals surface area contributed by atoms with Gasteiger partial charge in [0, 0.05) is 24.4 Å². The first-order chi connectivity index (χ1) is 8.76. The SMILES string of the molecule is CSC1(CNCC(=O)N2CCOCC2)CCCC1. The highest BCUT2D eigenvalue weighted by atomic mass is 32.2. The molecule has 18 heavy (non-hydrogen) atoms. The first kappa shape index (κ1) is 14.2. The average Bonchev–Trinajstić information content (AvgIpc) is 2.89. The largest absolute Gasteiger partial charge is 0.378 e. The molecule has 5 heteroatoms. The van der Waals surface area contributed by atoms with Gasteiger partial charge < -0.3 is 15.0 Å². The lowest BCUT2D eigenvalue weighted by molar-refractivity contribution is -0.134. The van der Waals surface area contributed by atoms with Gasteiger partial charge in [0.25, 0.3) is 0 Å². The van der Waals surface area contributed by atoms with Crippen molar-refractivity contribution in [3.05, 3.63) is 0 Å². The molecule has 1 aliphatic heterocycles. The van der Waals surface area contributed by atoms with E-state index in [4.69, 9.17) is 4.74 Å². The Morgan fingerprint density at radius 1 is 1.33 bits per heavy atom. The molecule has 0 atom stereocenters. The highest BCUT2D eigenvalue weighted by Gasteiger charge is 2.32. The summed E-state index contributed by atoms with van der Waals surface area (Å²) in [5.74, 6) is 0.215. The van der Waals surface area contributed by atoms with Gasteiger partial charge in [-0.3, -0.25) is 4.79 Å². The van der Waals surface area contributed by atoms with E-state index in [2.05, 4.69) is 11.6 Å². The van der Waals surface area contributed by atoms with E-state index in [0.29, 0.717) is 24.5 Å². The second-order valence-corrected chi connectivity index (χ2v) is 6.47. The van der Waals surface area contributed by atoms with Crippen LogP contribution in [0.5, 0.6) is 0 Å². The van der Waals surface area contributed by atoms with Gasteiger partial charge in [-0.25, -0.2) is 0 Å². The van der Waals surface area contributed by atoms with Crippen LogP contribution in [0.4, 0.5) is 0 Å². The molecule has 2 rings (SSSR count). The second-order valence-electron chi connectivity index (χ2n) is 5.19. The average molecular weight is 272 g/mol. The van der Waals surface area contributed by atoms with E-state index in [9.17, 15) is 4.79 Å². The molecule has 0 spiro atoms. The fourth-order valence-electron chi connectivity index (χ4n) is 2.79. The minimum absolute atomic E-state index is 0.215. The van der Waals surface area contributed by atoms with Crippen molar-refractivity contribution < 1.29 is 9.53 Å². The predicted octanol–water partition coefficient (Wildman–Crippen LogP) is 1.11. The summed E-state index contributed by atoms with van der Waals surface area (Å²) in [6, 6.07) is 0. The number of amides is 1. The Morgan fingerprint density at radius 3 is 2.61 bits per heavy atom. The number of morpholine rings is 1. The van der Waals surface area contributed by atoms with E-state index < -0.39 is 0 Å². The van der Waals surface area contributed by atoms with E-state index in [1.165, 1.54) is 25.7 Å². The van der Waals surface area contributed by atoms with Gasteiger partial charge in [-0.05, 0) is 19.1 Å². The zero-order valence-corrected chi connectivity index (χ0v) is 12.1. The topological polar surface area (TPSA) is 41.6 Å². The molecule has 1 amide bonds. The summed E-state index contributed by atoms with van der Waals surface area (Å²) in [5.41, 5.74) is 0. The van der Waals surface area contributed by atoms with Crippen LogP contribution in [0.25, 0.3) is 0 Å². The molecule has 104 valence electrons. The van der Waals surface area contributed by atoms with Crippen molar-refractivity contribution in [2.24, 2.45) is 0 Å². The van der Waals surface area contributed by atoms with Crippen LogP contribution < -0.4 is 5.32 Å². The molecule has 0 aromatic carbocycles. The van der Waals surface area contributed by atoms with Gasteiger partial charge in [-0.1, -0.05) is 12.8 Å². The molecule has 0 unspecified atom stereocenters. The van der Waals surface area contributed by atoms with Gasteiger partial charge in [0.15, 0.2) is 0 Å². The van der Waals surface area contributed by atoms with Crippen LogP contribution in [0.15, 0.2) is 0 Å². The van der Waals surface area contributed by atoms with E-state index in [0.717, 1.165) is 19.6 Å². The van der Waals surface area contributed by atoms with E-state index in [1.54, 1.807) is 0 Å². The van der Waals surface area contributed by atoms with Crippen LogP contribution in [0, 0.1) is 0 Å². The Hall–Kier alpha value is -0.260. The molecule has 0 bridgehead atoms. The summed E-state index contributed by atoms with van der Waals surface area (Å²) in [7, 11) is 0. The van der Waals surface area contributed by atoms with Crippen LogP contribution in [0.3, 0.4) is 0 Å². The van der Waals surface area contributed by atoms with Gasteiger partial charge in [-0.2, -0.15) is 11.8 Å².